The van der Waals surface area contributed by atoms with E-state index in [-0.39, 0.29) is 0 Å². The van der Waals surface area contributed by atoms with Crippen molar-refractivity contribution >= 4 is 28.6 Å². The zero-order valence-electron chi connectivity index (χ0n) is 14.7. The van der Waals surface area contributed by atoms with Crippen LogP contribution in [0.15, 0.2) is 29.4 Å². The minimum absolute atomic E-state index is 0.551. The molecule has 5 heteroatoms. The Labute approximate surface area is 148 Å². The number of aromatic amines is 1. The lowest BCUT2D eigenvalue weighted by molar-refractivity contribution is 0.582. The maximum atomic E-state index is 4.37. The van der Waals surface area contributed by atoms with Crippen LogP contribution < -0.4 is 10.6 Å². The van der Waals surface area contributed by atoms with Crippen LogP contribution in [0.2, 0.25) is 0 Å². The number of nitrogens with one attached hydrogen (secondary N) is 3. The van der Waals surface area contributed by atoms with Gasteiger partial charge in [-0.15, -0.1) is 0 Å². The van der Waals surface area contributed by atoms with Crippen LogP contribution >= 0.6 is 11.8 Å². The number of rotatable bonds is 5. The second-order valence-corrected chi connectivity index (χ2v) is 7.46. The largest absolute Gasteiger partial charge is 0.361 e. The number of benzene rings is 1. The van der Waals surface area contributed by atoms with E-state index in [0.717, 1.165) is 25.3 Å². The van der Waals surface area contributed by atoms with Gasteiger partial charge < -0.3 is 15.6 Å². The van der Waals surface area contributed by atoms with Crippen molar-refractivity contribution in [3.63, 3.8) is 0 Å². The molecule has 24 heavy (non-hydrogen) atoms. The predicted molar refractivity (Wildman–Crippen MR) is 106 cm³/mol. The molecule has 0 spiro atoms. The summed E-state index contributed by atoms with van der Waals surface area (Å²) >= 11 is 2.03. The summed E-state index contributed by atoms with van der Waals surface area (Å²) in [5.74, 6) is 3.41. The van der Waals surface area contributed by atoms with E-state index >= 15 is 0 Å². The normalized spacial score (nSPS) is 18.8. The molecule has 130 valence electrons. The first kappa shape index (κ1) is 17.2. The zero-order chi connectivity index (χ0) is 16.8. The average molecular weight is 345 g/mol. The molecule has 1 unspecified atom stereocenters. The topological polar surface area (TPSA) is 52.2 Å². The highest BCUT2D eigenvalue weighted by molar-refractivity contribution is 7.99. The first-order valence-corrected chi connectivity index (χ1v) is 10.1. The predicted octanol–water partition coefficient (Wildman–Crippen LogP) is 3.33. The number of para-hydroxylation sites is 1. The maximum Gasteiger partial charge on any atom is 0.191 e. The Morgan fingerprint density at radius 2 is 2.29 bits per heavy atom. The highest BCUT2D eigenvalue weighted by Gasteiger charge is 2.14. The molecule has 0 aliphatic carbocycles. The zero-order valence-corrected chi connectivity index (χ0v) is 15.5. The van der Waals surface area contributed by atoms with Crippen LogP contribution in [0.25, 0.3) is 10.9 Å². The van der Waals surface area contributed by atoms with Crippen LogP contribution in [-0.2, 0) is 12.8 Å². The SMILES string of the molecule is CCc1cccc2c(CCNC(=NC)NC3CCCSC3)c[nH]c12. The van der Waals surface area contributed by atoms with E-state index in [0.29, 0.717) is 6.04 Å². The average Bonchev–Trinajstić information content (AvgIpc) is 3.05. The van der Waals surface area contributed by atoms with Crippen LogP contribution in [0, 0.1) is 0 Å². The standard InChI is InChI=1S/C19H28N4S/c1-3-14-6-4-8-17-15(12-22-18(14)17)9-10-21-19(20-2)23-16-7-5-11-24-13-16/h4,6,8,12,16,22H,3,5,7,9-11,13H2,1-2H3,(H2,20,21,23). The molecule has 1 aliphatic rings. The first-order valence-electron chi connectivity index (χ1n) is 8.94. The third-order valence-corrected chi connectivity index (χ3v) is 5.90. The number of aryl methyl sites for hydroxylation is 1. The summed E-state index contributed by atoms with van der Waals surface area (Å²) in [6.45, 7) is 3.10. The van der Waals surface area contributed by atoms with Gasteiger partial charge in [0.25, 0.3) is 0 Å². The van der Waals surface area contributed by atoms with Crippen molar-refractivity contribution in [3.8, 4) is 0 Å². The Kier molecular flexibility index (Phi) is 6.07. The summed E-state index contributed by atoms with van der Waals surface area (Å²) in [5, 5.41) is 8.37. The Morgan fingerprint density at radius 3 is 3.04 bits per heavy atom. The number of hydrogen-bond acceptors (Lipinski definition) is 2. The van der Waals surface area contributed by atoms with Crippen LogP contribution in [0.1, 0.15) is 30.9 Å². The number of fused-ring (bicyclic) bond motifs is 1. The molecule has 2 heterocycles. The Balaban J connectivity index is 1.55. The lowest BCUT2D eigenvalue weighted by Crippen LogP contribution is -2.46. The Hall–Kier alpha value is -1.62. The number of aliphatic imine (C=N–C) groups is 1. The van der Waals surface area contributed by atoms with Gasteiger partial charge in [0.2, 0.25) is 0 Å². The van der Waals surface area contributed by atoms with Gasteiger partial charge in [0.1, 0.15) is 0 Å². The molecule has 1 atom stereocenters. The van der Waals surface area contributed by atoms with Gasteiger partial charge in [0.15, 0.2) is 5.96 Å². The molecule has 1 saturated heterocycles. The summed E-state index contributed by atoms with van der Waals surface area (Å²) < 4.78 is 0. The van der Waals surface area contributed by atoms with Gasteiger partial charge in [-0.1, -0.05) is 25.1 Å². The molecule has 0 radical (unpaired) electrons. The third-order valence-electron chi connectivity index (χ3n) is 4.68. The Bertz CT molecular complexity index is 686. The monoisotopic (exact) mass is 344 g/mol. The van der Waals surface area contributed by atoms with Crippen LogP contribution in [0.5, 0.6) is 0 Å². The minimum atomic E-state index is 0.551. The summed E-state index contributed by atoms with van der Waals surface area (Å²) in [6, 6.07) is 7.13. The number of guanidine groups is 1. The number of thioether (sulfide) groups is 1. The van der Waals surface area contributed by atoms with Gasteiger partial charge in [-0.05, 0) is 42.6 Å². The highest BCUT2D eigenvalue weighted by Crippen LogP contribution is 2.22. The number of nitrogens with zero attached hydrogens (tertiary/aromatic N) is 1. The molecule has 0 saturated carbocycles. The van der Waals surface area contributed by atoms with Crippen molar-refractivity contribution in [1.29, 1.82) is 0 Å². The number of H-pyrrole nitrogens is 1. The molecular weight excluding hydrogens is 316 g/mol. The van der Waals surface area contributed by atoms with Gasteiger partial charge in [-0.3, -0.25) is 4.99 Å². The van der Waals surface area contributed by atoms with Crippen molar-refractivity contribution in [2.45, 2.75) is 38.6 Å². The van der Waals surface area contributed by atoms with E-state index in [1.807, 2.05) is 18.8 Å². The second-order valence-electron chi connectivity index (χ2n) is 6.31. The fraction of sp³-hybridized carbons (Fsp3) is 0.526. The molecule has 2 aromatic rings. The van der Waals surface area contributed by atoms with Crippen LogP contribution in [0.3, 0.4) is 0 Å². The molecule has 1 aliphatic heterocycles. The van der Waals surface area contributed by atoms with Crippen molar-refractivity contribution < 1.29 is 0 Å². The van der Waals surface area contributed by atoms with Crippen molar-refractivity contribution in [2.24, 2.45) is 4.99 Å². The molecule has 1 fully saturated rings. The molecule has 1 aromatic heterocycles. The van der Waals surface area contributed by atoms with Crippen molar-refractivity contribution in [2.75, 3.05) is 25.1 Å². The molecule has 3 rings (SSSR count). The van der Waals surface area contributed by atoms with Gasteiger partial charge in [0.05, 0.1) is 0 Å². The van der Waals surface area contributed by atoms with Gasteiger partial charge in [0, 0.05) is 42.5 Å². The van der Waals surface area contributed by atoms with E-state index in [4.69, 9.17) is 0 Å². The van der Waals surface area contributed by atoms with Crippen LogP contribution in [0.4, 0.5) is 0 Å². The summed E-state index contributed by atoms with van der Waals surface area (Å²) in [4.78, 5) is 7.82. The summed E-state index contributed by atoms with van der Waals surface area (Å²) in [5.41, 5.74) is 4.05. The van der Waals surface area contributed by atoms with Crippen molar-refractivity contribution in [1.82, 2.24) is 15.6 Å². The fourth-order valence-electron chi connectivity index (χ4n) is 3.33. The van der Waals surface area contributed by atoms with Gasteiger partial charge >= 0.3 is 0 Å². The highest BCUT2D eigenvalue weighted by atomic mass is 32.2. The quantitative estimate of drug-likeness (QED) is 0.576. The van der Waals surface area contributed by atoms with Gasteiger partial charge in [-0.2, -0.15) is 11.8 Å². The molecule has 1 aromatic carbocycles. The third kappa shape index (κ3) is 4.07. The van der Waals surface area contributed by atoms with E-state index < -0.39 is 0 Å². The lowest BCUT2D eigenvalue weighted by Gasteiger charge is -2.24. The molecule has 3 N–H and O–H groups in total. The van der Waals surface area contributed by atoms with Crippen LogP contribution in [-0.4, -0.2) is 42.1 Å². The van der Waals surface area contributed by atoms with E-state index in [2.05, 4.69) is 51.9 Å². The van der Waals surface area contributed by atoms with Crippen molar-refractivity contribution in [3.05, 3.63) is 35.5 Å². The smallest absolute Gasteiger partial charge is 0.191 e. The Morgan fingerprint density at radius 1 is 1.38 bits per heavy atom. The van der Waals surface area contributed by atoms with E-state index in [9.17, 15) is 0 Å². The molecule has 4 nitrogen and oxygen atoms in total. The molecule has 0 bridgehead atoms. The maximum absolute atomic E-state index is 4.37. The minimum Gasteiger partial charge on any atom is -0.361 e. The number of hydrogen-bond donors (Lipinski definition) is 3. The summed E-state index contributed by atoms with van der Waals surface area (Å²) in [6.07, 6.45) is 6.75. The molecular formula is C19H28N4S. The van der Waals surface area contributed by atoms with Gasteiger partial charge in [-0.25, -0.2) is 0 Å². The second kappa shape index (κ2) is 8.47. The summed E-state index contributed by atoms with van der Waals surface area (Å²) in [7, 11) is 1.85. The first-order chi connectivity index (χ1) is 11.8. The van der Waals surface area contributed by atoms with E-state index in [1.165, 1.54) is 46.4 Å². The van der Waals surface area contributed by atoms with E-state index in [1.54, 1.807) is 0 Å². The number of aromatic nitrogens is 1. The lowest BCUT2D eigenvalue weighted by atomic mass is 10.1. The molecule has 0 amide bonds. The fourth-order valence-corrected chi connectivity index (χ4v) is 4.41.